The van der Waals surface area contributed by atoms with Crippen molar-refractivity contribution < 1.29 is 17.9 Å². The molecule has 1 N–H and O–H groups in total. The minimum absolute atomic E-state index is 0.0215. The van der Waals surface area contributed by atoms with E-state index in [1.807, 2.05) is 24.3 Å². The molecule has 1 saturated heterocycles. The summed E-state index contributed by atoms with van der Waals surface area (Å²) in [6.45, 7) is 1.30. The van der Waals surface area contributed by atoms with Gasteiger partial charge in [-0.3, -0.25) is 9.10 Å². The van der Waals surface area contributed by atoms with Crippen molar-refractivity contribution in [1.82, 2.24) is 5.32 Å². The number of benzene rings is 2. The van der Waals surface area contributed by atoms with Crippen molar-refractivity contribution in [2.45, 2.75) is 24.7 Å². The molecule has 0 radical (unpaired) electrons. The molecule has 2 heterocycles. The van der Waals surface area contributed by atoms with E-state index in [1.165, 1.54) is 4.31 Å². The van der Waals surface area contributed by atoms with Crippen molar-refractivity contribution in [3.63, 3.8) is 0 Å². The van der Waals surface area contributed by atoms with E-state index in [0.29, 0.717) is 54.6 Å². The zero-order valence-electron chi connectivity index (χ0n) is 16.9. The Morgan fingerprint density at radius 1 is 1.13 bits per heavy atom. The van der Waals surface area contributed by atoms with Gasteiger partial charge in [0.2, 0.25) is 15.9 Å². The second-order valence-corrected chi connectivity index (χ2v) is 10.7. The molecule has 2 aromatic rings. The second kappa shape index (κ2) is 8.98. The molecular weight excluding hydrogens is 459 g/mol. The first kappa shape index (κ1) is 22.4. The highest BCUT2D eigenvalue weighted by Crippen LogP contribution is 2.40. The summed E-state index contributed by atoms with van der Waals surface area (Å²) in [6, 6.07) is 12.6. The molecule has 0 saturated carbocycles. The number of nitrogens with one attached hydrogen (secondary N) is 1. The molecule has 0 unspecified atom stereocenters. The van der Waals surface area contributed by atoms with Gasteiger partial charge in [0, 0.05) is 36.3 Å². The topological polar surface area (TPSA) is 75.7 Å². The van der Waals surface area contributed by atoms with Gasteiger partial charge in [0.05, 0.1) is 16.9 Å². The molecular formula is C22H24Cl2N2O4S. The van der Waals surface area contributed by atoms with Crippen molar-refractivity contribution in [2.75, 3.05) is 36.4 Å². The average Bonchev–Trinajstić information content (AvgIpc) is 3.19. The number of para-hydroxylation sites is 1. The first-order valence-corrected chi connectivity index (χ1v) is 12.6. The van der Waals surface area contributed by atoms with Crippen LogP contribution in [0.2, 0.25) is 10.0 Å². The molecule has 1 fully saturated rings. The first-order valence-electron chi connectivity index (χ1n) is 10.2. The number of ether oxygens (including phenoxy) is 1. The average molecular weight is 483 g/mol. The molecule has 2 aliphatic heterocycles. The molecule has 0 spiro atoms. The van der Waals surface area contributed by atoms with Crippen molar-refractivity contribution in [2.24, 2.45) is 0 Å². The Morgan fingerprint density at radius 3 is 2.61 bits per heavy atom. The van der Waals surface area contributed by atoms with E-state index in [1.54, 1.807) is 18.2 Å². The summed E-state index contributed by atoms with van der Waals surface area (Å²) in [5.74, 6) is -0.411. The quantitative estimate of drug-likeness (QED) is 0.682. The normalized spacial score (nSPS) is 17.9. The van der Waals surface area contributed by atoms with Crippen molar-refractivity contribution in [1.29, 1.82) is 0 Å². The zero-order valence-corrected chi connectivity index (χ0v) is 19.3. The molecule has 2 aliphatic rings. The predicted octanol–water partition coefficient (Wildman–Crippen LogP) is 3.55. The molecule has 0 bridgehead atoms. The van der Waals surface area contributed by atoms with E-state index in [-0.39, 0.29) is 18.2 Å². The Hall–Kier alpha value is -1.80. The Bertz CT molecular complexity index is 1080. The highest BCUT2D eigenvalue weighted by atomic mass is 35.5. The largest absolute Gasteiger partial charge is 0.381 e. The van der Waals surface area contributed by atoms with Gasteiger partial charge in [-0.05, 0) is 48.6 Å². The molecule has 4 rings (SSSR count). The number of fused-ring (bicyclic) bond motifs is 1. The molecule has 0 aromatic heterocycles. The van der Waals surface area contributed by atoms with Gasteiger partial charge in [0.15, 0.2) is 0 Å². The molecule has 2 aromatic carbocycles. The van der Waals surface area contributed by atoms with Crippen molar-refractivity contribution in [3.8, 4) is 0 Å². The molecule has 9 heteroatoms. The van der Waals surface area contributed by atoms with E-state index in [2.05, 4.69) is 5.32 Å². The van der Waals surface area contributed by atoms with Crippen molar-refractivity contribution >= 4 is 44.8 Å². The van der Waals surface area contributed by atoms with Crippen LogP contribution in [0, 0.1) is 0 Å². The summed E-state index contributed by atoms with van der Waals surface area (Å²) >= 11 is 12.5. The van der Waals surface area contributed by atoms with Crippen LogP contribution >= 0.6 is 23.2 Å². The van der Waals surface area contributed by atoms with Crippen molar-refractivity contribution in [3.05, 3.63) is 63.6 Å². The lowest BCUT2D eigenvalue weighted by atomic mass is 9.73. The SMILES string of the molecule is O=C(NCCS(=O)(=O)N1CCc2ccccc21)C1(c2ccc(Cl)cc2Cl)CCOCC1. The second-order valence-electron chi connectivity index (χ2n) is 7.84. The van der Waals surface area contributed by atoms with Gasteiger partial charge in [0.25, 0.3) is 0 Å². The fourth-order valence-electron chi connectivity index (χ4n) is 4.39. The van der Waals surface area contributed by atoms with Gasteiger partial charge < -0.3 is 10.1 Å². The first-order chi connectivity index (χ1) is 14.8. The minimum atomic E-state index is -3.55. The van der Waals surface area contributed by atoms with Crippen LogP contribution in [0.4, 0.5) is 5.69 Å². The number of carbonyl (C=O) groups excluding carboxylic acids is 1. The predicted molar refractivity (Wildman–Crippen MR) is 122 cm³/mol. The Morgan fingerprint density at radius 2 is 1.87 bits per heavy atom. The Labute approximate surface area is 192 Å². The highest BCUT2D eigenvalue weighted by Gasteiger charge is 2.43. The fourth-order valence-corrected chi connectivity index (χ4v) is 6.40. The number of anilines is 1. The smallest absolute Gasteiger partial charge is 0.236 e. The van der Waals surface area contributed by atoms with Crippen LogP contribution < -0.4 is 9.62 Å². The molecule has 1 amide bonds. The van der Waals surface area contributed by atoms with E-state index >= 15 is 0 Å². The summed E-state index contributed by atoms with van der Waals surface area (Å²) in [7, 11) is -3.55. The van der Waals surface area contributed by atoms with Crippen LogP contribution in [0.1, 0.15) is 24.0 Å². The monoisotopic (exact) mass is 482 g/mol. The lowest BCUT2D eigenvalue weighted by molar-refractivity contribution is -0.130. The van der Waals surface area contributed by atoms with Gasteiger partial charge in [0.1, 0.15) is 0 Å². The third kappa shape index (κ3) is 4.42. The van der Waals surface area contributed by atoms with Crippen LogP contribution in [0.3, 0.4) is 0 Å². The Balaban J connectivity index is 1.48. The van der Waals surface area contributed by atoms with Crippen LogP contribution in [-0.2, 0) is 31.4 Å². The molecule has 0 aliphatic carbocycles. The lowest BCUT2D eigenvalue weighted by Crippen LogP contribution is -2.49. The van der Waals surface area contributed by atoms with Gasteiger partial charge >= 0.3 is 0 Å². The highest BCUT2D eigenvalue weighted by molar-refractivity contribution is 7.92. The molecule has 6 nitrogen and oxygen atoms in total. The number of nitrogens with zero attached hydrogens (tertiary/aromatic N) is 1. The van der Waals surface area contributed by atoms with E-state index < -0.39 is 15.4 Å². The van der Waals surface area contributed by atoms with Gasteiger partial charge in [-0.15, -0.1) is 0 Å². The number of halogens is 2. The standard InChI is InChI=1S/C22H24Cl2N2O4S/c23-17-5-6-18(19(24)15-17)22(8-12-30-13-9-22)21(27)25-10-14-31(28,29)26-11-7-16-3-1-2-4-20(16)26/h1-6,15H,7-14H2,(H,25,27). The number of amides is 1. The van der Waals surface area contributed by atoms with Crippen LogP contribution in [-0.4, -0.2) is 46.4 Å². The maximum atomic E-state index is 13.3. The molecule has 0 atom stereocenters. The number of sulfonamides is 1. The summed E-state index contributed by atoms with van der Waals surface area (Å²) in [5.41, 5.74) is 1.57. The molecule has 31 heavy (non-hydrogen) atoms. The van der Waals surface area contributed by atoms with E-state index in [4.69, 9.17) is 27.9 Å². The van der Waals surface area contributed by atoms with E-state index in [9.17, 15) is 13.2 Å². The minimum Gasteiger partial charge on any atom is -0.381 e. The number of rotatable bonds is 6. The van der Waals surface area contributed by atoms with Gasteiger partial charge in [-0.2, -0.15) is 0 Å². The van der Waals surface area contributed by atoms with Crippen LogP contribution in [0.15, 0.2) is 42.5 Å². The van der Waals surface area contributed by atoms with E-state index in [0.717, 1.165) is 11.3 Å². The summed E-state index contributed by atoms with van der Waals surface area (Å²) < 4.78 is 32.7. The maximum Gasteiger partial charge on any atom is 0.236 e. The summed E-state index contributed by atoms with van der Waals surface area (Å²) in [5, 5.41) is 3.76. The van der Waals surface area contributed by atoms with Crippen LogP contribution in [0.5, 0.6) is 0 Å². The number of hydrogen-bond acceptors (Lipinski definition) is 4. The number of hydrogen-bond donors (Lipinski definition) is 1. The third-order valence-electron chi connectivity index (χ3n) is 6.05. The summed E-state index contributed by atoms with van der Waals surface area (Å²) in [4.78, 5) is 13.3. The van der Waals surface area contributed by atoms with Crippen LogP contribution in [0.25, 0.3) is 0 Å². The lowest BCUT2D eigenvalue weighted by Gasteiger charge is -2.37. The maximum absolute atomic E-state index is 13.3. The molecule has 166 valence electrons. The van der Waals surface area contributed by atoms with Gasteiger partial charge in [-0.25, -0.2) is 8.42 Å². The van der Waals surface area contributed by atoms with Gasteiger partial charge in [-0.1, -0.05) is 47.5 Å². The third-order valence-corrected chi connectivity index (χ3v) is 8.37. The number of carbonyl (C=O) groups is 1. The zero-order chi connectivity index (χ0) is 22.1. The summed E-state index contributed by atoms with van der Waals surface area (Å²) in [6.07, 6.45) is 1.62. The Kier molecular flexibility index (Phi) is 6.49. The fraction of sp³-hybridized carbons (Fsp3) is 0.409.